The van der Waals surface area contributed by atoms with Crippen LogP contribution in [0.2, 0.25) is 0 Å². The van der Waals surface area contributed by atoms with Crippen molar-refractivity contribution in [3.8, 4) is 0 Å². The third-order valence-corrected chi connectivity index (χ3v) is 5.75. The van der Waals surface area contributed by atoms with E-state index in [0.29, 0.717) is 12.1 Å². The summed E-state index contributed by atoms with van der Waals surface area (Å²) in [5.41, 5.74) is 4.68. The van der Waals surface area contributed by atoms with Crippen molar-refractivity contribution in [2.45, 2.75) is 39.2 Å². The molecule has 0 aromatic heterocycles. The summed E-state index contributed by atoms with van der Waals surface area (Å²) in [6.07, 6.45) is -0.112. The maximum absolute atomic E-state index is 12.1. The molecule has 1 atom stereocenters. The van der Waals surface area contributed by atoms with Gasteiger partial charge >= 0.3 is 6.09 Å². The normalized spacial score (nSPS) is 18.2. The van der Waals surface area contributed by atoms with E-state index in [0.717, 1.165) is 0 Å². The highest BCUT2D eigenvalue weighted by Gasteiger charge is 2.29. The molecule has 1 aromatic rings. The first-order valence-electron chi connectivity index (χ1n) is 8.83. The Kier molecular flexibility index (Phi) is 6.65. The van der Waals surface area contributed by atoms with Gasteiger partial charge in [-0.15, -0.1) is 0 Å². The Morgan fingerprint density at radius 1 is 1.11 bits per heavy atom. The fraction of sp³-hybridized carbons (Fsp3) is 0.500. The smallest absolute Gasteiger partial charge is 0.412 e. The van der Waals surface area contributed by atoms with E-state index in [-0.39, 0.29) is 29.4 Å². The lowest BCUT2D eigenvalue weighted by Gasteiger charge is -2.19. The van der Waals surface area contributed by atoms with Crippen LogP contribution in [0.1, 0.15) is 44.0 Å². The van der Waals surface area contributed by atoms with Gasteiger partial charge in [0, 0.05) is 17.7 Å². The van der Waals surface area contributed by atoms with Gasteiger partial charge in [-0.2, -0.15) is 0 Å². The highest BCUT2D eigenvalue weighted by atomic mass is 32.2. The van der Waals surface area contributed by atoms with Crippen LogP contribution in [-0.2, 0) is 19.4 Å². The fourth-order valence-electron chi connectivity index (χ4n) is 2.67. The van der Waals surface area contributed by atoms with Crippen LogP contribution >= 0.6 is 0 Å². The Balaban J connectivity index is 1.79. The molecule has 1 aliphatic heterocycles. The molecule has 154 valence electrons. The lowest BCUT2D eigenvalue weighted by molar-refractivity contribution is -0.122. The van der Waals surface area contributed by atoms with Crippen LogP contribution in [0.15, 0.2) is 24.3 Å². The summed E-state index contributed by atoms with van der Waals surface area (Å²) < 4.78 is 27.9. The molecule has 0 aliphatic carbocycles. The first-order valence-corrected chi connectivity index (χ1v) is 10.7. The number of hydrogen-bond donors (Lipinski definition) is 3. The summed E-state index contributed by atoms with van der Waals surface area (Å²) in [4.78, 5) is 35.6. The van der Waals surface area contributed by atoms with Crippen LogP contribution in [0, 0.1) is 5.92 Å². The monoisotopic (exact) mass is 411 g/mol. The van der Waals surface area contributed by atoms with Crippen LogP contribution in [0.25, 0.3) is 0 Å². The lowest BCUT2D eigenvalue weighted by atomic mass is 10.1. The molecule has 1 aliphatic rings. The number of rotatable bonds is 4. The van der Waals surface area contributed by atoms with Gasteiger partial charge in [0.1, 0.15) is 5.60 Å². The van der Waals surface area contributed by atoms with E-state index >= 15 is 0 Å². The molecular weight excluding hydrogens is 386 g/mol. The molecule has 1 aromatic carbocycles. The van der Waals surface area contributed by atoms with E-state index in [1.165, 1.54) is 24.3 Å². The molecule has 1 heterocycles. The summed E-state index contributed by atoms with van der Waals surface area (Å²) in [5, 5.41) is 2.55. The van der Waals surface area contributed by atoms with Gasteiger partial charge in [0.25, 0.3) is 5.91 Å². The molecule has 3 N–H and O–H groups in total. The van der Waals surface area contributed by atoms with E-state index in [1.54, 1.807) is 20.8 Å². The van der Waals surface area contributed by atoms with Crippen molar-refractivity contribution >= 4 is 33.4 Å². The van der Waals surface area contributed by atoms with E-state index in [4.69, 9.17) is 4.74 Å². The molecule has 28 heavy (non-hydrogen) atoms. The predicted molar refractivity (Wildman–Crippen MR) is 103 cm³/mol. The highest BCUT2D eigenvalue weighted by molar-refractivity contribution is 7.91. The van der Waals surface area contributed by atoms with Gasteiger partial charge in [0.05, 0.1) is 11.5 Å². The second-order valence-electron chi connectivity index (χ2n) is 7.68. The van der Waals surface area contributed by atoms with Gasteiger partial charge in [0.2, 0.25) is 5.91 Å². The summed E-state index contributed by atoms with van der Waals surface area (Å²) >= 11 is 0. The summed E-state index contributed by atoms with van der Waals surface area (Å²) in [7, 11) is -3.04. The number of sulfone groups is 1. The minimum absolute atomic E-state index is 0.000473. The molecule has 0 saturated carbocycles. The first kappa shape index (κ1) is 21.7. The third kappa shape index (κ3) is 7.18. The van der Waals surface area contributed by atoms with Gasteiger partial charge < -0.3 is 4.74 Å². The SMILES string of the molecule is CC(C)(C)OC(=O)Nc1ccc(C(=O)NNC(=O)C[C@H]2CCS(=O)(=O)C2)cc1. The number of hydrogen-bond acceptors (Lipinski definition) is 6. The average molecular weight is 411 g/mol. The topological polar surface area (TPSA) is 131 Å². The Morgan fingerprint density at radius 3 is 2.29 bits per heavy atom. The van der Waals surface area contributed by atoms with Crippen LogP contribution in [0.4, 0.5) is 10.5 Å². The van der Waals surface area contributed by atoms with Gasteiger partial charge in [-0.3, -0.25) is 25.8 Å². The number of carbonyl (C=O) groups excluding carboxylic acids is 3. The molecule has 0 unspecified atom stereocenters. The first-order chi connectivity index (χ1) is 12.9. The molecule has 0 radical (unpaired) electrons. The summed E-state index contributed by atoms with van der Waals surface area (Å²) in [6, 6.07) is 6.03. The summed E-state index contributed by atoms with van der Waals surface area (Å²) in [5.74, 6) is -1.10. The van der Waals surface area contributed by atoms with E-state index in [1.807, 2.05) is 0 Å². The minimum atomic E-state index is -3.04. The van der Waals surface area contributed by atoms with Crippen molar-refractivity contribution in [1.82, 2.24) is 10.9 Å². The largest absolute Gasteiger partial charge is 0.444 e. The number of amides is 3. The third-order valence-electron chi connectivity index (χ3n) is 3.91. The van der Waals surface area contributed by atoms with Crippen LogP contribution < -0.4 is 16.2 Å². The average Bonchev–Trinajstić information content (AvgIpc) is 2.90. The number of carbonyl (C=O) groups is 3. The van der Waals surface area contributed by atoms with E-state index in [2.05, 4.69) is 16.2 Å². The number of hydrazine groups is 1. The van der Waals surface area contributed by atoms with Crippen molar-refractivity contribution in [1.29, 1.82) is 0 Å². The maximum atomic E-state index is 12.1. The van der Waals surface area contributed by atoms with Crippen LogP contribution in [0.5, 0.6) is 0 Å². The zero-order chi connectivity index (χ0) is 20.9. The van der Waals surface area contributed by atoms with E-state index < -0.39 is 33.3 Å². The van der Waals surface area contributed by atoms with E-state index in [9.17, 15) is 22.8 Å². The van der Waals surface area contributed by atoms with Crippen molar-refractivity contribution < 1.29 is 27.5 Å². The molecule has 3 amide bonds. The zero-order valence-corrected chi connectivity index (χ0v) is 16.9. The van der Waals surface area contributed by atoms with Crippen LogP contribution in [0.3, 0.4) is 0 Å². The van der Waals surface area contributed by atoms with Crippen LogP contribution in [-0.4, -0.2) is 43.4 Å². The number of benzene rings is 1. The number of anilines is 1. The predicted octanol–water partition coefficient (Wildman–Crippen LogP) is 1.62. The van der Waals surface area contributed by atoms with Gasteiger partial charge in [-0.25, -0.2) is 13.2 Å². The van der Waals surface area contributed by atoms with Crippen molar-refractivity contribution in [2.24, 2.45) is 5.92 Å². The molecule has 1 saturated heterocycles. The second-order valence-corrected chi connectivity index (χ2v) is 9.91. The molecule has 9 nitrogen and oxygen atoms in total. The maximum Gasteiger partial charge on any atom is 0.412 e. The van der Waals surface area contributed by atoms with Crippen molar-refractivity contribution in [3.63, 3.8) is 0 Å². The van der Waals surface area contributed by atoms with Gasteiger partial charge in [-0.05, 0) is 57.4 Å². The van der Waals surface area contributed by atoms with Gasteiger partial charge in [0.15, 0.2) is 9.84 Å². The molecule has 1 fully saturated rings. The zero-order valence-electron chi connectivity index (χ0n) is 16.1. The van der Waals surface area contributed by atoms with Crippen molar-refractivity contribution in [3.05, 3.63) is 29.8 Å². The minimum Gasteiger partial charge on any atom is -0.444 e. The molecule has 0 bridgehead atoms. The Morgan fingerprint density at radius 2 is 1.75 bits per heavy atom. The standard InChI is InChI=1S/C18H25N3O6S/c1-18(2,3)27-17(24)19-14-6-4-13(5-7-14)16(23)21-20-15(22)10-12-8-9-28(25,26)11-12/h4-7,12H,8-11H2,1-3H3,(H,19,24)(H,20,22)(H,21,23)/t12-/m1/s1. The molecule has 10 heteroatoms. The second kappa shape index (κ2) is 8.59. The lowest BCUT2D eigenvalue weighted by Crippen LogP contribution is -2.42. The highest BCUT2D eigenvalue weighted by Crippen LogP contribution is 2.21. The quantitative estimate of drug-likeness (QED) is 0.645. The Labute approximate surface area is 164 Å². The number of ether oxygens (including phenoxy) is 1. The van der Waals surface area contributed by atoms with Gasteiger partial charge in [-0.1, -0.05) is 0 Å². The fourth-order valence-corrected chi connectivity index (χ4v) is 4.53. The van der Waals surface area contributed by atoms with Crippen molar-refractivity contribution in [2.75, 3.05) is 16.8 Å². The number of nitrogens with one attached hydrogen (secondary N) is 3. The Hall–Kier alpha value is -2.62. The molecule has 0 spiro atoms. The Bertz CT molecular complexity index is 843. The summed E-state index contributed by atoms with van der Waals surface area (Å²) in [6.45, 7) is 5.25. The molecular formula is C18H25N3O6S. The molecule has 2 rings (SSSR count).